The van der Waals surface area contributed by atoms with E-state index >= 15 is 0 Å². The fourth-order valence-electron chi connectivity index (χ4n) is 2.85. The van der Waals surface area contributed by atoms with Gasteiger partial charge in [-0.25, -0.2) is 0 Å². The molecule has 5 nitrogen and oxygen atoms in total. The van der Waals surface area contributed by atoms with Crippen molar-refractivity contribution < 1.29 is 14.3 Å². The van der Waals surface area contributed by atoms with Crippen LogP contribution < -0.4 is 10.1 Å². The lowest BCUT2D eigenvalue weighted by atomic mass is 10.2. The first-order valence-corrected chi connectivity index (χ1v) is 9.10. The maximum atomic E-state index is 12.0. The van der Waals surface area contributed by atoms with E-state index < -0.39 is 0 Å². The molecule has 1 N–H and O–H groups in total. The van der Waals surface area contributed by atoms with Gasteiger partial charge in [0, 0.05) is 31.2 Å². The molecular weight excluding hydrogens is 352 g/mol. The normalized spacial score (nSPS) is 17.7. The zero-order valence-electron chi connectivity index (χ0n) is 14.6. The predicted molar refractivity (Wildman–Crippen MR) is 101 cm³/mol. The van der Waals surface area contributed by atoms with Crippen LogP contribution in [-0.2, 0) is 16.1 Å². The van der Waals surface area contributed by atoms with Crippen LogP contribution in [0.1, 0.15) is 5.56 Å². The van der Waals surface area contributed by atoms with Crippen LogP contribution in [0.2, 0.25) is 5.02 Å². The summed E-state index contributed by atoms with van der Waals surface area (Å²) in [4.78, 5) is 14.3. The third kappa shape index (κ3) is 6.02. The van der Waals surface area contributed by atoms with Gasteiger partial charge in [0.1, 0.15) is 5.75 Å². The minimum atomic E-state index is -0.163. The molecule has 0 aliphatic carbocycles. The second-order valence-corrected chi connectivity index (χ2v) is 6.70. The lowest BCUT2D eigenvalue weighted by molar-refractivity contribution is -0.124. The summed E-state index contributed by atoms with van der Waals surface area (Å²) in [6.45, 7) is 3.73. The molecule has 1 fully saturated rings. The number of nitrogens with one attached hydrogen (secondary N) is 1. The zero-order chi connectivity index (χ0) is 18.2. The Morgan fingerprint density at radius 3 is 2.73 bits per heavy atom. The van der Waals surface area contributed by atoms with Crippen LogP contribution in [0.15, 0.2) is 54.6 Å². The van der Waals surface area contributed by atoms with E-state index in [2.05, 4.69) is 22.3 Å². The molecule has 0 bridgehead atoms. The molecule has 3 rings (SSSR count). The van der Waals surface area contributed by atoms with Gasteiger partial charge in [-0.3, -0.25) is 9.69 Å². The summed E-state index contributed by atoms with van der Waals surface area (Å²) in [7, 11) is 0. The standard InChI is InChI=1S/C20H23ClN2O3/c21-17-6-8-18(9-7-17)26-15-20(24)22-12-19-14-23(10-11-25-19)13-16-4-2-1-3-5-16/h1-9,19H,10-15H2,(H,22,24). The van der Waals surface area contributed by atoms with Crippen LogP contribution in [0.3, 0.4) is 0 Å². The molecule has 138 valence electrons. The SMILES string of the molecule is O=C(COc1ccc(Cl)cc1)NCC1CN(Cc2ccccc2)CCO1. The van der Waals surface area contributed by atoms with Gasteiger partial charge < -0.3 is 14.8 Å². The molecule has 1 heterocycles. The number of carbonyl (C=O) groups excluding carboxylic acids is 1. The largest absolute Gasteiger partial charge is 0.484 e. The van der Waals surface area contributed by atoms with Gasteiger partial charge in [-0.1, -0.05) is 41.9 Å². The number of ether oxygens (including phenoxy) is 2. The first kappa shape index (κ1) is 18.7. The van der Waals surface area contributed by atoms with Gasteiger partial charge in [0.25, 0.3) is 5.91 Å². The van der Waals surface area contributed by atoms with Gasteiger partial charge in [0.15, 0.2) is 6.61 Å². The smallest absolute Gasteiger partial charge is 0.258 e. The van der Waals surface area contributed by atoms with Crippen molar-refractivity contribution in [2.75, 3.05) is 32.8 Å². The number of amides is 1. The van der Waals surface area contributed by atoms with Crippen molar-refractivity contribution in [2.45, 2.75) is 12.6 Å². The van der Waals surface area contributed by atoms with Gasteiger partial charge in [-0.15, -0.1) is 0 Å². The number of halogens is 1. The molecule has 2 aromatic carbocycles. The fraction of sp³-hybridized carbons (Fsp3) is 0.350. The molecule has 1 amide bonds. The zero-order valence-corrected chi connectivity index (χ0v) is 15.3. The van der Waals surface area contributed by atoms with Gasteiger partial charge in [-0.05, 0) is 29.8 Å². The average molecular weight is 375 g/mol. The van der Waals surface area contributed by atoms with Gasteiger partial charge in [0.05, 0.1) is 12.7 Å². The number of hydrogen-bond acceptors (Lipinski definition) is 4. The molecule has 26 heavy (non-hydrogen) atoms. The molecule has 1 unspecified atom stereocenters. The Morgan fingerprint density at radius 1 is 1.19 bits per heavy atom. The quantitative estimate of drug-likeness (QED) is 0.809. The lowest BCUT2D eigenvalue weighted by Gasteiger charge is -2.33. The van der Waals surface area contributed by atoms with Crippen LogP contribution in [0.4, 0.5) is 0 Å². The van der Waals surface area contributed by atoms with Crippen molar-refractivity contribution in [3.8, 4) is 5.75 Å². The molecule has 0 spiro atoms. The molecule has 1 atom stereocenters. The predicted octanol–water partition coefficient (Wildman–Crippen LogP) is 2.74. The number of nitrogens with zero attached hydrogens (tertiary/aromatic N) is 1. The number of hydrogen-bond donors (Lipinski definition) is 1. The lowest BCUT2D eigenvalue weighted by Crippen LogP contribution is -2.47. The van der Waals surface area contributed by atoms with Crippen molar-refractivity contribution >= 4 is 17.5 Å². The molecule has 1 saturated heterocycles. The van der Waals surface area contributed by atoms with Crippen molar-refractivity contribution in [2.24, 2.45) is 0 Å². The Hall–Kier alpha value is -2.08. The van der Waals surface area contributed by atoms with Crippen molar-refractivity contribution in [3.05, 3.63) is 65.2 Å². The summed E-state index contributed by atoms with van der Waals surface area (Å²) in [5.74, 6) is 0.455. The fourth-order valence-corrected chi connectivity index (χ4v) is 2.97. The molecule has 0 aromatic heterocycles. The number of carbonyl (C=O) groups is 1. The van der Waals surface area contributed by atoms with E-state index in [1.165, 1.54) is 5.56 Å². The van der Waals surface area contributed by atoms with Crippen LogP contribution >= 0.6 is 11.6 Å². The van der Waals surface area contributed by atoms with Gasteiger partial charge in [-0.2, -0.15) is 0 Å². The van der Waals surface area contributed by atoms with E-state index in [4.69, 9.17) is 21.1 Å². The first-order valence-electron chi connectivity index (χ1n) is 8.72. The van der Waals surface area contributed by atoms with E-state index in [1.807, 2.05) is 18.2 Å². The number of morpholine rings is 1. The highest BCUT2D eigenvalue weighted by atomic mass is 35.5. The summed E-state index contributed by atoms with van der Waals surface area (Å²) >= 11 is 5.82. The molecule has 0 saturated carbocycles. The molecule has 6 heteroatoms. The summed E-state index contributed by atoms with van der Waals surface area (Å²) in [6.07, 6.45) is -0.00746. The third-order valence-electron chi connectivity index (χ3n) is 4.18. The second kappa shape index (κ2) is 9.57. The molecule has 0 radical (unpaired) electrons. The molecular formula is C20H23ClN2O3. The molecule has 1 aliphatic heterocycles. The highest BCUT2D eigenvalue weighted by Gasteiger charge is 2.21. The topological polar surface area (TPSA) is 50.8 Å². The first-order chi connectivity index (χ1) is 12.7. The Morgan fingerprint density at radius 2 is 1.96 bits per heavy atom. The Kier molecular flexibility index (Phi) is 6.89. The Labute approximate surface area is 158 Å². The van der Waals surface area contributed by atoms with Crippen LogP contribution in [-0.4, -0.2) is 49.8 Å². The van der Waals surface area contributed by atoms with Gasteiger partial charge in [0.2, 0.25) is 0 Å². The summed E-state index contributed by atoms with van der Waals surface area (Å²) in [5.41, 5.74) is 1.29. The highest BCUT2D eigenvalue weighted by molar-refractivity contribution is 6.30. The van der Waals surface area contributed by atoms with E-state index in [0.29, 0.717) is 23.9 Å². The van der Waals surface area contributed by atoms with Crippen molar-refractivity contribution in [1.82, 2.24) is 10.2 Å². The second-order valence-electron chi connectivity index (χ2n) is 6.26. The van der Waals surface area contributed by atoms with Crippen molar-refractivity contribution in [1.29, 1.82) is 0 Å². The van der Waals surface area contributed by atoms with E-state index in [-0.39, 0.29) is 18.6 Å². The van der Waals surface area contributed by atoms with Crippen LogP contribution in [0.25, 0.3) is 0 Å². The minimum absolute atomic E-state index is 0.00746. The van der Waals surface area contributed by atoms with Crippen LogP contribution in [0, 0.1) is 0 Å². The molecule has 2 aromatic rings. The van der Waals surface area contributed by atoms with E-state index in [0.717, 1.165) is 19.6 Å². The highest BCUT2D eigenvalue weighted by Crippen LogP contribution is 2.15. The summed E-state index contributed by atoms with van der Waals surface area (Å²) < 4.78 is 11.2. The summed E-state index contributed by atoms with van der Waals surface area (Å²) in [6, 6.07) is 17.3. The Balaban J connectivity index is 1.38. The number of benzene rings is 2. The maximum Gasteiger partial charge on any atom is 0.258 e. The van der Waals surface area contributed by atoms with Crippen LogP contribution in [0.5, 0.6) is 5.75 Å². The maximum absolute atomic E-state index is 12.0. The van der Waals surface area contributed by atoms with E-state index in [1.54, 1.807) is 24.3 Å². The summed E-state index contributed by atoms with van der Waals surface area (Å²) in [5, 5.41) is 3.51. The monoisotopic (exact) mass is 374 g/mol. The van der Waals surface area contributed by atoms with Crippen molar-refractivity contribution in [3.63, 3.8) is 0 Å². The average Bonchev–Trinajstić information content (AvgIpc) is 2.67. The minimum Gasteiger partial charge on any atom is -0.484 e. The Bertz CT molecular complexity index is 694. The number of rotatable bonds is 7. The third-order valence-corrected chi connectivity index (χ3v) is 4.43. The molecule has 1 aliphatic rings. The van der Waals surface area contributed by atoms with Gasteiger partial charge >= 0.3 is 0 Å². The van der Waals surface area contributed by atoms with E-state index in [9.17, 15) is 4.79 Å².